The standard InChI is InChI=1S/C7H8FN5S/c8-1-2-13-4-5(3-10-13)6-11-12-7(9)14-6/h3-4H,1-2H2,(H2,9,12). The molecule has 0 amide bonds. The molecule has 2 aromatic rings. The van der Waals surface area contributed by atoms with Crippen molar-refractivity contribution in [3.63, 3.8) is 0 Å². The van der Waals surface area contributed by atoms with Crippen LogP contribution in [0, 0.1) is 0 Å². The van der Waals surface area contributed by atoms with Crippen LogP contribution >= 0.6 is 11.3 Å². The lowest BCUT2D eigenvalue weighted by atomic mass is 10.4. The van der Waals surface area contributed by atoms with Gasteiger partial charge < -0.3 is 5.73 Å². The zero-order chi connectivity index (χ0) is 9.97. The van der Waals surface area contributed by atoms with Gasteiger partial charge in [-0.2, -0.15) is 5.10 Å². The van der Waals surface area contributed by atoms with E-state index in [4.69, 9.17) is 5.73 Å². The van der Waals surface area contributed by atoms with Crippen LogP contribution in [-0.4, -0.2) is 26.7 Å². The number of rotatable bonds is 3. The van der Waals surface area contributed by atoms with Crippen LogP contribution in [-0.2, 0) is 6.54 Å². The van der Waals surface area contributed by atoms with E-state index in [1.807, 2.05) is 0 Å². The maximum Gasteiger partial charge on any atom is 0.203 e. The Balaban J connectivity index is 2.24. The van der Waals surface area contributed by atoms with Gasteiger partial charge in [0.05, 0.1) is 18.3 Å². The van der Waals surface area contributed by atoms with E-state index in [2.05, 4.69) is 15.3 Å². The van der Waals surface area contributed by atoms with Gasteiger partial charge in [0, 0.05) is 6.20 Å². The van der Waals surface area contributed by atoms with E-state index < -0.39 is 6.67 Å². The van der Waals surface area contributed by atoms with E-state index in [1.54, 1.807) is 12.4 Å². The van der Waals surface area contributed by atoms with Gasteiger partial charge in [-0.05, 0) is 0 Å². The molecule has 2 heterocycles. The van der Waals surface area contributed by atoms with Crippen molar-refractivity contribution in [3.8, 4) is 10.6 Å². The smallest absolute Gasteiger partial charge is 0.203 e. The summed E-state index contributed by atoms with van der Waals surface area (Å²) < 4.78 is 13.5. The molecule has 0 fully saturated rings. The van der Waals surface area contributed by atoms with Gasteiger partial charge >= 0.3 is 0 Å². The summed E-state index contributed by atoms with van der Waals surface area (Å²) in [4.78, 5) is 0. The van der Waals surface area contributed by atoms with Crippen molar-refractivity contribution >= 4 is 16.5 Å². The summed E-state index contributed by atoms with van der Waals surface area (Å²) in [5.41, 5.74) is 6.25. The molecule has 0 saturated carbocycles. The van der Waals surface area contributed by atoms with E-state index in [0.29, 0.717) is 10.1 Å². The SMILES string of the molecule is Nc1nnc(-c2cnn(CCF)c2)s1. The molecular formula is C7H8FN5S. The lowest BCUT2D eigenvalue weighted by Gasteiger charge is -1.92. The van der Waals surface area contributed by atoms with Crippen molar-refractivity contribution in [1.82, 2.24) is 20.0 Å². The number of nitrogens with two attached hydrogens (primary N) is 1. The molecular weight excluding hydrogens is 205 g/mol. The van der Waals surface area contributed by atoms with Crippen LogP contribution in [0.1, 0.15) is 0 Å². The van der Waals surface area contributed by atoms with Crippen LogP contribution in [0.3, 0.4) is 0 Å². The highest BCUT2D eigenvalue weighted by atomic mass is 32.1. The largest absolute Gasteiger partial charge is 0.374 e. The summed E-state index contributed by atoms with van der Waals surface area (Å²) in [5, 5.41) is 12.6. The Morgan fingerprint density at radius 1 is 1.50 bits per heavy atom. The first-order valence-electron chi connectivity index (χ1n) is 3.97. The molecule has 0 aromatic carbocycles. The maximum atomic E-state index is 12.0. The zero-order valence-corrected chi connectivity index (χ0v) is 8.04. The van der Waals surface area contributed by atoms with Crippen LogP contribution in [0.15, 0.2) is 12.4 Å². The third kappa shape index (κ3) is 1.72. The van der Waals surface area contributed by atoms with E-state index in [0.717, 1.165) is 5.56 Å². The predicted molar refractivity (Wildman–Crippen MR) is 51.5 cm³/mol. The van der Waals surface area contributed by atoms with Crippen LogP contribution in [0.4, 0.5) is 9.52 Å². The van der Waals surface area contributed by atoms with Crippen molar-refractivity contribution in [2.24, 2.45) is 0 Å². The van der Waals surface area contributed by atoms with Crippen LogP contribution in [0.5, 0.6) is 0 Å². The third-order valence-electron chi connectivity index (χ3n) is 1.63. The number of aromatic nitrogens is 4. The second-order valence-corrected chi connectivity index (χ2v) is 3.64. The summed E-state index contributed by atoms with van der Waals surface area (Å²) in [7, 11) is 0. The molecule has 0 unspecified atom stereocenters. The molecule has 5 nitrogen and oxygen atoms in total. The van der Waals surface area contributed by atoms with E-state index in [-0.39, 0.29) is 6.54 Å². The van der Waals surface area contributed by atoms with Crippen molar-refractivity contribution in [3.05, 3.63) is 12.4 Å². The molecule has 0 aliphatic carbocycles. The van der Waals surface area contributed by atoms with Gasteiger partial charge in [0.1, 0.15) is 6.67 Å². The lowest BCUT2D eigenvalue weighted by molar-refractivity contribution is 0.427. The lowest BCUT2D eigenvalue weighted by Crippen LogP contribution is -1.98. The molecule has 7 heteroatoms. The highest BCUT2D eigenvalue weighted by molar-refractivity contribution is 7.18. The minimum Gasteiger partial charge on any atom is -0.374 e. The van der Waals surface area contributed by atoms with Gasteiger partial charge in [0.15, 0.2) is 5.01 Å². The first-order valence-corrected chi connectivity index (χ1v) is 4.79. The van der Waals surface area contributed by atoms with Gasteiger partial charge in [0.2, 0.25) is 5.13 Å². The highest BCUT2D eigenvalue weighted by Gasteiger charge is 2.06. The molecule has 0 aliphatic heterocycles. The van der Waals surface area contributed by atoms with Crippen molar-refractivity contribution in [1.29, 1.82) is 0 Å². The highest BCUT2D eigenvalue weighted by Crippen LogP contribution is 2.23. The Labute approximate surface area is 83.4 Å². The molecule has 0 atom stereocenters. The molecule has 2 N–H and O–H groups in total. The van der Waals surface area contributed by atoms with Crippen molar-refractivity contribution in [2.45, 2.75) is 6.54 Å². The fraction of sp³-hybridized carbons (Fsp3) is 0.286. The number of anilines is 1. The number of aryl methyl sites for hydroxylation is 1. The molecule has 2 aromatic heterocycles. The number of nitrogen functional groups attached to an aromatic ring is 1. The Morgan fingerprint density at radius 3 is 3.00 bits per heavy atom. The molecule has 0 spiro atoms. The van der Waals surface area contributed by atoms with Crippen molar-refractivity contribution < 1.29 is 4.39 Å². The van der Waals surface area contributed by atoms with E-state index in [1.165, 1.54) is 16.0 Å². The minimum absolute atomic E-state index is 0.258. The summed E-state index contributed by atoms with van der Waals surface area (Å²) in [6, 6.07) is 0. The van der Waals surface area contributed by atoms with Gasteiger partial charge in [-0.1, -0.05) is 11.3 Å². The molecule has 0 radical (unpaired) electrons. The molecule has 2 rings (SSSR count). The van der Waals surface area contributed by atoms with Crippen LogP contribution < -0.4 is 5.73 Å². The predicted octanol–water partition coefficient (Wildman–Crippen LogP) is 0.953. The minimum atomic E-state index is -0.431. The average molecular weight is 213 g/mol. The first-order chi connectivity index (χ1) is 6.79. The Morgan fingerprint density at radius 2 is 2.36 bits per heavy atom. The van der Waals surface area contributed by atoms with Crippen LogP contribution in [0.25, 0.3) is 10.6 Å². The normalized spacial score (nSPS) is 10.6. The Kier molecular flexibility index (Phi) is 2.40. The molecule has 0 aliphatic rings. The van der Waals surface area contributed by atoms with E-state index in [9.17, 15) is 4.39 Å². The van der Waals surface area contributed by atoms with Gasteiger partial charge in [-0.3, -0.25) is 4.68 Å². The molecule has 14 heavy (non-hydrogen) atoms. The number of hydrogen-bond donors (Lipinski definition) is 1. The van der Waals surface area contributed by atoms with Crippen LogP contribution in [0.2, 0.25) is 0 Å². The summed E-state index contributed by atoms with van der Waals surface area (Å²) >= 11 is 1.28. The summed E-state index contributed by atoms with van der Waals surface area (Å²) in [6.45, 7) is -0.173. The average Bonchev–Trinajstić information content (AvgIpc) is 2.74. The van der Waals surface area contributed by atoms with Gasteiger partial charge in [0.25, 0.3) is 0 Å². The molecule has 0 bridgehead atoms. The zero-order valence-electron chi connectivity index (χ0n) is 7.22. The fourth-order valence-electron chi connectivity index (χ4n) is 1.03. The van der Waals surface area contributed by atoms with E-state index >= 15 is 0 Å². The summed E-state index contributed by atoms with van der Waals surface area (Å²) in [6.07, 6.45) is 3.34. The van der Waals surface area contributed by atoms with Crippen molar-refractivity contribution in [2.75, 3.05) is 12.4 Å². The second kappa shape index (κ2) is 3.70. The second-order valence-electron chi connectivity index (χ2n) is 2.63. The molecule has 0 saturated heterocycles. The van der Waals surface area contributed by atoms with Gasteiger partial charge in [-0.15, -0.1) is 10.2 Å². The first kappa shape index (κ1) is 9.07. The number of halogens is 1. The topological polar surface area (TPSA) is 69.6 Å². The van der Waals surface area contributed by atoms with Gasteiger partial charge in [-0.25, -0.2) is 4.39 Å². The monoisotopic (exact) mass is 213 g/mol. The quantitative estimate of drug-likeness (QED) is 0.824. The fourth-order valence-corrected chi connectivity index (χ4v) is 1.62. The number of nitrogens with zero attached hydrogens (tertiary/aromatic N) is 4. The Hall–Kier alpha value is -1.50. The third-order valence-corrected chi connectivity index (χ3v) is 2.44. The Bertz CT molecular complexity index is 423. The molecule has 74 valence electrons. The number of alkyl halides is 1. The summed E-state index contributed by atoms with van der Waals surface area (Å²) in [5.74, 6) is 0. The maximum absolute atomic E-state index is 12.0. The number of hydrogen-bond acceptors (Lipinski definition) is 5.